The Labute approximate surface area is 90.2 Å². The summed E-state index contributed by atoms with van der Waals surface area (Å²) in [6.45, 7) is 1.54. The standard InChI is InChI=1S/C10H10BrFO2/c1-7(13)14-6-5-8-3-2-4-9(11)10(8)12/h2-4H,5-6H2,1H3. The highest BCUT2D eigenvalue weighted by molar-refractivity contribution is 9.10. The van der Waals surface area contributed by atoms with E-state index in [-0.39, 0.29) is 18.4 Å². The van der Waals surface area contributed by atoms with Crippen molar-refractivity contribution in [3.63, 3.8) is 0 Å². The summed E-state index contributed by atoms with van der Waals surface area (Å²) in [5.74, 6) is -0.639. The molecule has 0 saturated heterocycles. The molecule has 1 rings (SSSR count). The van der Waals surface area contributed by atoms with E-state index >= 15 is 0 Å². The summed E-state index contributed by atoms with van der Waals surface area (Å²) in [6, 6.07) is 5.05. The molecule has 0 atom stereocenters. The van der Waals surface area contributed by atoms with Crippen LogP contribution in [0.25, 0.3) is 0 Å². The second-order valence-corrected chi connectivity index (χ2v) is 3.66. The zero-order valence-corrected chi connectivity index (χ0v) is 9.30. The summed E-state index contributed by atoms with van der Waals surface area (Å²) in [6.07, 6.45) is 0.394. The van der Waals surface area contributed by atoms with Gasteiger partial charge in [-0.1, -0.05) is 12.1 Å². The number of carbonyl (C=O) groups is 1. The van der Waals surface area contributed by atoms with Gasteiger partial charge < -0.3 is 4.74 Å². The van der Waals surface area contributed by atoms with E-state index in [4.69, 9.17) is 4.74 Å². The number of esters is 1. The van der Waals surface area contributed by atoms with Crippen molar-refractivity contribution in [1.29, 1.82) is 0 Å². The van der Waals surface area contributed by atoms with Crippen LogP contribution >= 0.6 is 15.9 Å². The molecule has 4 heteroatoms. The molecule has 0 unspecified atom stereocenters. The number of carbonyl (C=O) groups excluding carboxylic acids is 1. The normalized spacial score (nSPS) is 9.93. The van der Waals surface area contributed by atoms with Crippen LogP contribution in [-0.4, -0.2) is 12.6 Å². The van der Waals surface area contributed by atoms with Crippen LogP contribution in [-0.2, 0) is 16.0 Å². The summed E-state index contributed by atoms with van der Waals surface area (Å²) in [5, 5.41) is 0. The Bertz CT molecular complexity index is 339. The third kappa shape index (κ3) is 3.10. The number of hydrogen-bond donors (Lipinski definition) is 0. The van der Waals surface area contributed by atoms with Gasteiger partial charge in [-0.3, -0.25) is 4.79 Å². The molecule has 0 aliphatic heterocycles. The third-order valence-corrected chi connectivity index (χ3v) is 2.32. The maximum atomic E-state index is 13.3. The van der Waals surface area contributed by atoms with Crippen LogP contribution in [0.15, 0.2) is 22.7 Å². The zero-order valence-electron chi connectivity index (χ0n) is 7.72. The number of halogens is 2. The van der Waals surface area contributed by atoms with Gasteiger partial charge in [-0.25, -0.2) is 4.39 Å². The van der Waals surface area contributed by atoms with Gasteiger partial charge in [0.1, 0.15) is 5.82 Å². The number of benzene rings is 1. The van der Waals surface area contributed by atoms with Crippen molar-refractivity contribution in [2.24, 2.45) is 0 Å². The first-order chi connectivity index (χ1) is 6.61. The first-order valence-corrected chi connectivity index (χ1v) is 4.97. The molecule has 1 aromatic carbocycles. The Balaban J connectivity index is 2.59. The average molecular weight is 261 g/mol. The van der Waals surface area contributed by atoms with Gasteiger partial charge in [-0.15, -0.1) is 0 Å². The first kappa shape index (κ1) is 11.2. The monoisotopic (exact) mass is 260 g/mol. The summed E-state index contributed by atoms with van der Waals surface area (Å²) in [5.41, 5.74) is 0.542. The lowest BCUT2D eigenvalue weighted by Crippen LogP contribution is -2.04. The molecular formula is C10H10BrFO2. The van der Waals surface area contributed by atoms with Gasteiger partial charge in [0.2, 0.25) is 0 Å². The smallest absolute Gasteiger partial charge is 0.302 e. The predicted octanol–water partition coefficient (Wildman–Crippen LogP) is 2.69. The predicted molar refractivity (Wildman–Crippen MR) is 54.4 cm³/mol. The molecule has 0 aliphatic rings. The van der Waals surface area contributed by atoms with Crippen LogP contribution in [0.1, 0.15) is 12.5 Å². The van der Waals surface area contributed by atoms with Crippen molar-refractivity contribution in [3.05, 3.63) is 34.1 Å². The van der Waals surface area contributed by atoms with Crippen LogP contribution in [0.2, 0.25) is 0 Å². The minimum Gasteiger partial charge on any atom is -0.466 e. The van der Waals surface area contributed by atoms with E-state index in [1.54, 1.807) is 18.2 Å². The molecule has 2 nitrogen and oxygen atoms in total. The second kappa shape index (κ2) is 5.10. The molecule has 0 heterocycles. The van der Waals surface area contributed by atoms with Gasteiger partial charge in [-0.2, -0.15) is 0 Å². The van der Waals surface area contributed by atoms with E-state index in [2.05, 4.69) is 15.9 Å². The van der Waals surface area contributed by atoms with Crippen molar-refractivity contribution >= 4 is 21.9 Å². The molecule has 0 N–H and O–H groups in total. The van der Waals surface area contributed by atoms with Crippen molar-refractivity contribution in [3.8, 4) is 0 Å². The molecule has 0 aromatic heterocycles. The Morgan fingerprint density at radius 1 is 1.57 bits per heavy atom. The maximum Gasteiger partial charge on any atom is 0.302 e. The average Bonchev–Trinajstić information content (AvgIpc) is 2.12. The lowest BCUT2D eigenvalue weighted by atomic mass is 10.1. The highest BCUT2D eigenvalue weighted by Gasteiger charge is 2.05. The molecule has 0 bridgehead atoms. The number of ether oxygens (including phenoxy) is 1. The molecule has 0 aliphatic carbocycles. The minimum atomic E-state index is -0.347. The molecule has 1 aromatic rings. The molecule has 14 heavy (non-hydrogen) atoms. The third-order valence-electron chi connectivity index (χ3n) is 1.71. The summed E-state index contributed by atoms with van der Waals surface area (Å²) >= 11 is 3.08. The highest BCUT2D eigenvalue weighted by atomic mass is 79.9. The van der Waals surface area contributed by atoms with Gasteiger partial charge >= 0.3 is 5.97 Å². The maximum absolute atomic E-state index is 13.3. The largest absolute Gasteiger partial charge is 0.466 e. The van der Waals surface area contributed by atoms with E-state index in [9.17, 15) is 9.18 Å². The SMILES string of the molecule is CC(=O)OCCc1cccc(Br)c1F. The molecule has 0 radical (unpaired) electrons. The second-order valence-electron chi connectivity index (χ2n) is 2.80. The van der Waals surface area contributed by atoms with Gasteiger partial charge in [0.05, 0.1) is 11.1 Å². The molecule has 0 fully saturated rings. The van der Waals surface area contributed by atoms with Gasteiger partial charge in [0.15, 0.2) is 0 Å². The Morgan fingerprint density at radius 2 is 2.29 bits per heavy atom. The number of hydrogen-bond acceptors (Lipinski definition) is 2. The first-order valence-electron chi connectivity index (χ1n) is 4.17. The lowest BCUT2D eigenvalue weighted by molar-refractivity contribution is -0.140. The van der Waals surface area contributed by atoms with Crippen LogP contribution in [0, 0.1) is 5.82 Å². The molecule has 0 spiro atoms. The van der Waals surface area contributed by atoms with E-state index in [0.29, 0.717) is 16.5 Å². The summed E-state index contributed by atoms with van der Waals surface area (Å²) in [4.78, 5) is 10.5. The van der Waals surface area contributed by atoms with E-state index in [0.717, 1.165) is 0 Å². The van der Waals surface area contributed by atoms with Crippen LogP contribution in [0.3, 0.4) is 0 Å². The van der Waals surface area contributed by atoms with Crippen molar-refractivity contribution in [1.82, 2.24) is 0 Å². The fourth-order valence-electron chi connectivity index (χ4n) is 1.05. The summed E-state index contributed by atoms with van der Waals surface area (Å²) < 4.78 is 18.5. The van der Waals surface area contributed by atoms with Crippen molar-refractivity contribution < 1.29 is 13.9 Å². The Hall–Kier alpha value is -0.900. The van der Waals surface area contributed by atoms with E-state index in [1.165, 1.54) is 6.92 Å². The highest BCUT2D eigenvalue weighted by Crippen LogP contribution is 2.18. The summed E-state index contributed by atoms with van der Waals surface area (Å²) in [7, 11) is 0. The van der Waals surface area contributed by atoms with Crippen LogP contribution in [0.4, 0.5) is 4.39 Å². The van der Waals surface area contributed by atoms with E-state index < -0.39 is 0 Å². The molecule has 0 amide bonds. The zero-order chi connectivity index (χ0) is 10.6. The quantitative estimate of drug-likeness (QED) is 0.782. The molecule has 76 valence electrons. The topological polar surface area (TPSA) is 26.3 Å². The van der Waals surface area contributed by atoms with Gasteiger partial charge in [0.25, 0.3) is 0 Å². The molecule has 0 saturated carbocycles. The fraction of sp³-hybridized carbons (Fsp3) is 0.300. The van der Waals surface area contributed by atoms with Crippen molar-refractivity contribution in [2.75, 3.05) is 6.61 Å². The minimum absolute atomic E-state index is 0.211. The Morgan fingerprint density at radius 3 is 2.93 bits per heavy atom. The van der Waals surface area contributed by atoms with Crippen LogP contribution < -0.4 is 0 Å². The van der Waals surface area contributed by atoms with Crippen LogP contribution in [0.5, 0.6) is 0 Å². The molecular weight excluding hydrogens is 251 g/mol. The lowest BCUT2D eigenvalue weighted by Gasteiger charge is -2.04. The Kier molecular flexibility index (Phi) is 4.07. The number of rotatable bonds is 3. The van der Waals surface area contributed by atoms with E-state index in [1.807, 2.05) is 0 Å². The van der Waals surface area contributed by atoms with Gasteiger partial charge in [0, 0.05) is 13.3 Å². The fourth-order valence-corrected chi connectivity index (χ4v) is 1.45. The van der Waals surface area contributed by atoms with Crippen molar-refractivity contribution in [2.45, 2.75) is 13.3 Å². The van der Waals surface area contributed by atoms with Gasteiger partial charge in [-0.05, 0) is 27.6 Å².